The van der Waals surface area contributed by atoms with Gasteiger partial charge in [0, 0.05) is 13.0 Å². The van der Waals surface area contributed by atoms with Gasteiger partial charge in [0.15, 0.2) is 5.66 Å². The number of hydrogen-bond acceptors (Lipinski definition) is 5. The van der Waals surface area contributed by atoms with Crippen LogP contribution in [0.4, 0.5) is 0 Å². The van der Waals surface area contributed by atoms with Crippen LogP contribution in [0.3, 0.4) is 0 Å². The van der Waals surface area contributed by atoms with Crippen LogP contribution in [0.5, 0.6) is 0 Å². The average Bonchev–Trinajstić information content (AvgIpc) is 2.03. The first-order valence-electron chi connectivity index (χ1n) is 3.78. The first-order valence-corrected chi connectivity index (χ1v) is 3.78. The van der Waals surface area contributed by atoms with Crippen molar-refractivity contribution in [3.05, 3.63) is 0 Å². The molecule has 6 heteroatoms. The van der Waals surface area contributed by atoms with Crippen molar-refractivity contribution in [1.82, 2.24) is 0 Å². The number of ketones is 1. The summed E-state index contributed by atoms with van der Waals surface area (Å²) in [7, 11) is 0. The lowest BCUT2D eigenvalue weighted by molar-refractivity contribution is -0.148. The fourth-order valence-electron chi connectivity index (χ4n) is 0.778. The first-order chi connectivity index (χ1) is 5.84. The molecule has 1 unspecified atom stereocenters. The Labute approximate surface area is 75.5 Å². The van der Waals surface area contributed by atoms with Crippen molar-refractivity contribution in [1.29, 1.82) is 0 Å². The molecule has 0 saturated carbocycles. The number of rotatable bonds is 5. The number of nitrogens with two attached hydrogens (primary N) is 2. The van der Waals surface area contributed by atoms with Gasteiger partial charge in [-0.15, -0.1) is 0 Å². The number of hydrogen-bond donors (Lipinski definition) is 4. The molecule has 6 nitrogen and oxygen atoms in total. The van der Waals surface area contributed by atoms with Gasteiger partial charge in [0.1, 0.15) is 5.78 Å². The zero-order valence-corrected chi connectivity index (χ0v) is 7.36. The molecule has 0 heterocycles. The summed E-state index contributed by atoms with van der Waals surface area (Å²) in [5.41, 5.74) is 8.36. The summed E-state index contributed by atoms with van der Waals surface area (Å²) in [5.74, 6) is -2.92. The van der Waals surface area contributed by atoms with Crippen LogP contribution >= 0.6 is 0 Å². The zero-order chi connectivity index (χ0) is 10.6. The molecule has 0 rings (SSSR count). The maximum Gasteiger partial charge on any atom is 0.339 e. The van der Waals surface area contributed by atoms with Crippen LogP contribution in [0.25, 0.3) is 0 Å². The molecule has 0 aromatic heterocycles. The number of carboxylic acid groups (broad SMARTS) is 1. The topological polar surface area (TPSA) is 127 Å². The summed E-state index contributed by atoms with van der Waals surface area (Å²) in [6.45, 7) is 0.991. The van der Waals surface area contributed by atoms with Gasteiger partial charge in [-0.3, -0.25) is 4.79 Å². The third-order valence-corrected chi connectivity index (χ3v) is 1.93. The molecule has 0 fully saturated rings. The molecule has 0 spiro atoms. The fourth-order valence-corrected chi connectivity index (χ4v) is 0.778. The lowest BCUT2D eigenvalue weighted by Crippen LogP contribution is -2.63. The molecule has 0 aromatic rings. The Balaban J connectivity index is 4.48. The monoisotopic (exact) mass is 190 g/mol. The second-order valence-electron chi connectivity index (χ2n) is 2.90. The summed E-state index contributed by atoms with van der Waals surface area (Å²) in [4.78, 5) is 21.6. The van der Waals surface area contributed by atoms with Gasteiger partial charge in [-0.2, -0.15) is 0 Å². The van der Waals surface area contributed by atoms with E-state index in [-0.39, 0.29) is 13.0 Å². The summed E-state index contributed by atoms with van der Waals surface area (Å²) in [6.07, 6.45) is -0.134. The molecule has 0 aliphatic heterocycles. The van der Waals surface area contributed by atoms with Crippen molar-refractivity contribution in [2.75, 3.05) is 6.61 Å². The fraction of sp³-hybridized carbons (Fsp3) is 0.714. The molecule has 0 aromatic carbocycles. The highest BCUT2D eigenvalue weighted by molar-refractivity contribution is 5.90. The number of aliphatic hydroxyl groups is 1. The number of aliphatic hydroxyl groups excluding tert-OH is 1. The van der Waals surface area contributed by atoms with Crippen LogP contribution in [0, 0.1) is 5.92 Å². The van der Waals surface area contributed by atoms with Crippen molar-refractivity contribution in [3.8, 4) is 0 Å². The second-order valence-corrected chi connectivity index (χ2v) is 2.90. The van der Waals surface area contributed by atoms with Gasteiger partial charge < -0.3 is 21.7 Å². The molecule has 0 radical (unpaired) electrons. The van der Waals surface area contributed by atoms with E-state index in [1.165, 1.54) is 6.92 Å². The van der Waals surface area contributed by atoms with Gasteiger partial charge in [-0.1, -0.05) is 6.92 Å². The molecule has 13 heavy (non-hydrogen) atoms. The predicted octanol–water partition coefficient (Wildman–Crippen LogP) is -1.73. The predicted molar refractivity (Wildman–Crippen MR) is 44.6 cm³/mol. The Bertz CT molecular complexity index is 215. The summed E-state index contributed by atoms with van der Waals surface area (Å²) in [5, 5.41) is 17.0. The Kier molecular flexibility index (Phi) is 3.99. The maximum atomic E-state index is 11.1. The standard InChI is InChI=1S/C7H14N2O4/c1-4(5(11)2-3-10)7(8,9)6(12)13/h4,10H,2-3,8-9H2,1H3,(H,12,13). The molecule has 0 bridgehead atoms. The molecule has 0 aliphatic rings. The Hall–Kier alpha value is -0.980. The van der Waals surface area contributed by atoms with Gasteiger partial charge in [-0.05, 0) is 0 Å². The van der Waals surface area contributed by atoms with Gasteiger partial charge >= 0.3 is 5.97 Å². The highest BCUT2D eigenvalue weighted by Crippen LogP contribution is 2.11. The number of Topliss-reactive ketones (excluding diaryl/α,β-unsaturated/α-hetero) is 1. The number of carbonyl (C=O) groups excluding carboxylic acids is 1. The average molecular weight is 190 g/mol. The second kappa shape index (κ2) is 4.31. The third kappa shape index (κ3) is 2.76. The molecule has 1 atom stereocenters. The van der Waals surface area contributed by atoms with E-state index in [4.69, 9.17) is 21.7 Å². The van der Waals surface area contributed by atoms with Crippen LogP contribution in [0.1, 0.15) is 13.3 Å². The van der Waals surface area contributed by atoms with Gasteiger partial charge in [-0.25, -0.2) is 4.79 Å². The zero-order valence-electron chi connectivity index (χ0n) is 7.36. The van der Waals surface area contributed by atoms with E-state index in [1.54, 1.807) is 0 Å². The highest BCUT2D eigenvalue weighted by Gasteiger charge is 2.39. The minimum absolute atomic E-state index is 0.134. The summed E-state index contributed by atoms with van der Waals surface area (Å²) < 4.78 is 0. The Morgan fingerprint density at radius 2 is 1.92 bits per heavy atom. The van der Waals surface area contributed by atoms with Gasteiger partial charge in [0.25, 0.3) is 0 Å². The lowest BCUT2D eigenvalue weighted by atomic mass is 9.90. The Morgan fingerprint density at radius 1 is 1.46 bits per heavy atom. The smallest absolute Gasteiger partial charge is 0.339 e. The van der Waals surface area contributed by atoms with E-state index in [0.29, 0.717) is 0 Å². The van der Waals surface area contributed by atoms with Crippen molar-refractivity contribution in [2.45, 2.75) is 19.0 Å². The van der Waals surface area contributed by atoms with Crippen LogP contribution in [-0.4, -0.2) is 34.2 Å². The lowest BCUT2D eigenvalue weighted by Gasteiger charge is -2.25. The van der Waals surface area contributed by atoms with Crippen LogP contribution in [0.2, 0.25) is 0 Å². The molecular weight excluding hydrogens is 176 g/mol. The minimum atomic E-state index is -2.06. The molecule has 0 saturated heterocycles. The summed E-state index contributed by atoms with van der Waals surface area (Å²) in [6, 6.07) is 0. The van der Waals surface area contributed by atoms with E-state index >= 15 is 0 Å². The van der Waals surface area contributed by atoms with Crippen molar-refractivity contribution in [3.63, 3.8) is 0 Å². The van der Waals surface area contributed by atoms with Crippen molar-refractivity contribution >= 4 is 11.8 Å². The molecule has 0 aliphatic carbocycles. The largest absolute Gasteiger partial charge is 0.479 e. The quantitative estimate of drug-likeness (QED) is 0.382. The molecule has 6 N–H and O–H groups in total. The van der Waals surface area contributed by atoms with E-state index < -0.39 is 23.3 Å². The summed E-state index contributed by atoms with van der Waals surface area (Å²) >= 11 is 0. The van der Waals surface area contributed by atoms with Crippen molar-refractivity contribution in [2.24, 2.45) is 17.4 Å². The number of aliphatic carboxylic acids is 1. The Morgan fingerprint density at radius 3 is 2.23 bits per heavy atom. The first kappa shape index (κ1) is 12.0. The minimum Gasteiger partial charge on any atom is -0.479 e. The van der Waals surface area contributed by atoms with Crippen LogP contribution < -0.4 is 11.5 Å². The van der Waals surface area contributed by atoms with Gasteiger partial charge in [0.2, 0.25) is 0 Å². The normalized spacial score (nSPS) is 13.8. The molecule has 0 amide bonds. The number of carboxylic acids is 1. The molecular formula is C7H14N2O4. The van der Waals surface area contributed by atoms with E-state index in [2.05, 4.69) is 0 Å². The SMILES string of the molecule is CC(C(=O)CCO)C(N)(N)C(=O)O. The van der Waals surface area contributed by atoms with Crippen molar-refractivity contribution < 1.29 is 19.8 Å². The van der Waals surface area contributed by atoms with E-state index in [9.17, 15) is 9.59 Å². The molecule has 76 valence electrons. The van der Waals surface area contributed by atoms with E-state index in [0.717, 1.165) is 0 Å². The van der Waals surface area contributed by atoms with Gasteiger partial charge in [0.05, 0.1) is 5.92 Å². The maximum absolute atomic E-state index is 11.1. The van der Waals surface area contributed by atoms with Crippen LogP contribution in [0.15, 0.2) is 0 Å². The number of carbonyl (C=O) groups is 2. The van der Waals surface area contributed by atoms with Crippen LogP contribution in [-0.2, 0) is 9.59 Å². The van der Waals surface area contributed by atoms with E-state index in [1.807, 2.05) is 0 Å². The third-order valence-electron chi connectivity index (χ3n) is 1.93. The highest BCUT2D eigenvalue weighted by atomic mass is 16.4.